The molecule has 0 saturated heterocycles. The van der Waals surface area contributed by atoms with Crippen LogP contribution in [0.4, 0.5) is 5.69 Å². The molecule has 0 unspecified atom stereocenters. The van der Waals surface area contributed by atoms with E-state index >= 15 is 0 Å². The number of hydrogen-bond donors (Lipinski definition) is 2. The van der Waals surface area contributed by atoms with Crippen molar-refractivity contribution in [3.63, 3.8) is 0 Å². The van der Waals surface area contributed by atoms with Crippen molar-refractivity contribution in [2.24, 2.45) is 5.73 Å². The van der Waals surface area contributed by atoms with Crippen LogP contribution in [0.5, 0.6) is 5.75 Å². The zero-order valence-electron chi connectivity index (χ0n) is 15.2. The summed E-state index contributed by atoms with van der Waals surface area (Å²) in [5, 5.41) is 2.62. The van der Waals surface area contributed by atoms with Crippen LogP contribution in [-0.2, 0) is 20.7 Å². The van der Waals surface area contributed by atoms with Crippen molar-refractivity contribution in [1.82, 2.24) is 0 Å². The molecule has 0 bridgehead atoms. The maximum atomic E-state index is 12.1. The van der Waals surface area contributed by atoms with Crippen LogP contribution in [0.3, 0.4) is 0 Å². The largest absolute Gasteiger partial charge is 0.497 e. The molecular formula is C20H22N2O5. The lowest BCUT2D eigenvalue weighted by Crippen LogP contribution is -2.30. The van der Waals surface area contributed by atoms with Crippen LogP contribution in [0.15, 0.2) is 48.5 Å². The molecule has 0 spiro atoms. The molecular weight excluding hydrogens is 348 g/mol. The Bertz CT molecular complexity index is 800. The van der Waals surface area contributed by atoms with Crippen LogP contribution in [0.1, 0.15) is 29.3 Å². The molecule has 0 aliphatic rings. The molecule has 7 heteroatoms. The fourth-order valence-corrected chi connectivity index (χ4v) is 2.31. The van der Waals surface area contributed by atoms with Gasteiger partial charge in [0.25, 0.3) is 5.91 Å². The Balaban J connectivity index is 1.80. The van der Waals surface area contributed by atoms with Crippen molar-refractivity contribution >= 4 is 23.5 Å². The SMILES string of the molecule is COc1ccc(CCC(=O)O[C@H](C)C(=O)Nc2ccc(C(N)=O)cc2)cc1. The third-order valence-corrected chi connectivity index (χ3v) is 3.89. The van der Waals surface area contributed by atoms with Gasteiger partial charge in [0.1, 0.15) is 5.75 Å². The van der Waals surface area contributed by atoms with Crippen LogP contribution < -0.4 is 15.8 Å². The standard InChI is InChI=1S/C20H22N2O5/c1-13(20(25)22-16-8-6-15(7-9-16)19(21)24)27-18(23)12-5-14-3-10-17(26-2)11-4-14/h3-4,6-11,13H,5,12H2,1-2H3,(H2,21,24)(H,22,25)/t13-/m1/s1. The number of carbonyl (C=O) groups excluding carboxylic acids is 3. The molecule has 142 valence electrons. The number of carbonyl (C=O) groups is 3. The Morgan fingerprint density at radius 1 is 1.04 bits per heavy atom. The van der Waals surface area contributed by atoms with Gasteiger partial charge in [0.2, 0.25) is 5.91 Å². The van der Waals surface area contributed by atoms with Gasteiger partial charge in [0.15, 0.2) is 6.10 Å². The summed E-state index contributed by atoms with van der Waals surface area (Å²) in [5.74, 6) is -0.723. The molecule has 0 aliphatic carbocycles. The average Bonchev–Trinajstić information content (AvgIpc) is 2.67. The van der Waals surface area contributed by atoms with E-state index in [-0.39, 0.29) is 6.42 Å². The van der Waals surface area contributed by atoms with Crippen LogP contribution in [0, 0.1) is 0 Å². The van der Waals surface area contributed by atoms with Crippen LogP contribution in [0.25, 0.3) is 0 Å². The number of amides is 2. The number of esters is 1. The summed E-state index contributed by atoms with van der Waals surface area (Å²) >= 11 is 0. The van der Waals surface area contributed by atoms with Gasteiger partial charge >= 0.3 is 5.97 Å². The quantitative estimate of drug-likeness (QED) is 0.693. The van der Waals surface area contributed by atoms with Gasteiger partial charge < -0.3 is 20.5 Å². The number of hydrogen-bond acceptors (Lipinski definition) is 5. The van der Waals surface area contributed by atoms with E-state index in [9.17, 15) is 14.4 Å². The number of nitrogens with two attached hydrogens (primary N) is 1. The lowest BCUT2D eigenvalue weighted by Gasteiger charge is -2.14. The second-order valence-electron chi connectivity index (χ2n) is 5.91. The van der Waals surface area contributed by atoms with E-state index in [1.54, 1.807) is 19.2 Å². The fourth-order valence-electron chi connectivity index (χ4n) is 2.31. The first kappa shape index (κ1) is 20.0. The van der Waals surface area contributed by atoms with Gasteiger partial charge in [-0.05, 0) is 55.3 Å². The minimum Gasteiger partial charge on any atom is -0.497 e. The number of nitrogens with one attached hydrogen (secondary N) is 1. The van der Waals surface area contributed by atoms with Gasteiger partial charge in [0.05, 0.1) is 7.11 Å². The van der Waals surface area contributed by atoms with Gasteiger partial charge in [-0.25, -0.2) is 0 Å². The third kappa shape index (κ3) is 6.14. The van der Waals surface area contributed by atoms with Crippen molar-refractivity contribution in [2.75, 3.05) is 12.4 Å². The molecule has 1 atom stereocenters. The van der Waals surface area contributed by atoms with Gasteiger partial charge in [0, 0.05) is 17.7 Å². The van der Waals surface area contributed by atoms with Gasteiger partial charge in [-0.3, -0.25) is 14.4 Å². The highest BCUT2D eigenvalue weighted by atomic mass is 16.5. The monoisotopic (exact) mass is 370 g/mol. The molecule has 2 aromatic rings. The Hall–Kier alpha value is -3.35. The first-order chi connectivity index (χ1) is 12.9. The number of primary amides is 1. The lowest BCUT2D eigenvalue weighted by atomic mass is 10.1. The van der Waals surface area contributed by atoms with E-state index in [1.165, 1.54) is 19.1 Å². The molecule has 27 heavy (non-hydrogen) atoms. The smallest absolute Gasteiger partial charge is 0.306 e. The number of ether oxygens (including phenoxy) is 2. The van der Waals surface area contributed by atoms with Crippen LogP contribution in [-0.4, -0.2) is 31.0 Å². The van der Waals surface area contributed by atoms with E-state index in [2.05, 4.69) is 5.32 Å². The molecule has 3 N–H and O–H groups in total. The van der Waals surface area contributed by atoms with E-state index in [0.29, 0.717) is 17.7 Å². The van der Waals surface area contributed by atoms with E-state index in [1.807, 2.05) is 24.3 Å². The summed E-state index contributed by atoms with van der Waals surface area (Å²) < 4.78 is 10.2. The first-order valence-electron chi connectivity index (χ1n) is 8.42. The van der Waals surface area contributed by atoms with Crippen molar-refractivity contribution in [2.45, 2.75) is 25.9 Å². The highest BCUT2D eigenvalue weighted by Gasteiger charge is 2.18. The summed E-state index contributed by atoms with van der Waals surface area (Å²) in [7, 11) is 1.59. The Morgan fingerprint density at radius 3 is 2.22 bits per heavy atom. The Labute approximate surface area is 157 Å². The van der Waals surface area contributed by atoms with E-state index in [0.717, 1.165) is 11.3 Å². The minimum atomic E-state index is -0.941. The molecule has 2 aromatic carbocycles. The van der Waals surface area contributed by atoms with Crippen LogP contribution in [0.2, 0.25) is 0 Å². The number of rotatable bonds is 8. The third-order valence-electron chi connectivity index (χ3n) is 3.89. The summed E-state index contributed by atoms with van der Waals surface area (Å²) in [4.78, 5) is 35.1. The zero-order chi connectivity index (χ0) is 19.8. The minimum absolute atomic E-state index is 0.164. The normalized spacial score (nSPS) is 11.3. The molecule has 2 amide bonds. The molecule has 0 aromatic heterocycles. The summed E-state index contributed by atoms with van der Waals surface area (Å²) in [6.45, 7) is 1.50. The second-order valence-corrected chi connectivity index (χ2v) is 5.91. The van der Waals surface area contributed by atoms with E-state index < -0.39 is 23.9 Å². The summed E-state index contributed by atoms with van der Waals surface area (Å²) in [5.41, 5.74) is 6.95. The number of methoxy groups -OCH3 is 1. The van der Waals surface area contributed by atoms with Gasteiger partial charge in [-0.1, -0.05) is 12.1 Å². The van der Waals surface area contributed by atoms with Gasteiger partial charge in [-0.15, -0.1) is 0 Å². The first-order valence-corrected chi connectivity index (χ1v) is 8.42. The predicted octanol–water partition coefficient (Wildman–Crippen LogP) is 2.30. The van der Waals surface area contributed by atoms with E-state index in [4.69, 9.17) is 15.2 Å². The Morgan fingerprint density at radius 2 is 1.67 bits per heavy atom. The molecule has 0 fully saturated rings. The molecule has 0 radical (unpaired) electrons. The summed E-state index contributed by atoms with van der Waals surface area (Å²) in [6.07, 6.45) is -0.271. The summed E-state index contributed by atoms with van der Waals surface area (Å²) in [6, 6.07) is 13.5. The molecule has 2 rings (SSSR count). The fraction of sp³-hybridized carbons (Fsp3) is 0.250. The number of aryl methyl sites for hydroxylation is 1. The number of benzene rings is 2. The van der Waals surface area contributed by atoms with Crippen molar-refractivity contribution in [3.8, 4) is 5.75 Å². The predicted molar refractivity (Wildman–Crippen MR) is 100 cm³/mol. The molecule has 0 saturated carbocycles. The lowest BCUT2D eigenvalue weighted by molar-refractivity contribution is -0.153. The highest BCUT2D eigenvalue weighted by Crippen LogP contribution is 2.13. The van der Waals surface area contributed by atoms with Crippen molar-refractivity contribution in [1.29, 1.82) is 0 Å². The topological polar surface area (TPSA) is 108 Å². The van der Waals surface area contributed by atoms with Crippen molar-refractivity contribution in [3.05, 3.63) is 59.7 Å². The number of anilines is 1. The van der Waals surface area contributed by atoms with Gasteiger partial charge in [-0.2, -0.15) is 0 Å². The highest BCUT2D eigenvalue weighted by molar-refractivity contribution is 5.96. The Kier molecular flexibility index (Phi) is 6.93. The molecule has 0 heterocycles. The average molecular weight is 370 g/mol. The maximum Gasteiger partial charge on any atom is 0.306 e. The van der Waals surface area contributed by atoms with Crippen LogP contribution >= 0.6 is 0 Å². The second kappa shape index (κ2) is 9.38. The maximum absolute atomic E-state index is 12.1. The molecule has 0 aliphatic heterocycles. The molecule has 7 nitrogen and oxygen atoms in total. The van der Waals surface area contributed by atoms with Crippen molar-refractivity contribution < 1.29 is 23.9 Å². The zero-order valence-corrected chi connectivity index (χ0v) is 15.2.